The van der Waals surface area contributed by atoms with Crippen molar-refractivity contribution in [1.29, 1.82) is 0 Å². The molecule has 0 spiro atoms. The van der Waals surface area contributed by atoms with Crippen LogP contribution in [0.15, 0.2) is 36.5 Å². The minimum absolute atomic E-state index is 0. The minimum atomic E-state index is 0. The molecule has 0 aromatic heterocycles. The largest absolute Gasteiger partial charge is 0.197 e. The molecule has 0 bridgehead atoms. The van der Waals surface area contributed by atoms with Gasteiger partial charge in [0.05, 0.1) is 0 Å². The van der Waals surface area contributed by atoms with Gasteiger partial charge in [-0.25, -0.2) is 0 Å². The molecule has 0 radical (unpaired) electrons. The predicted molar refractivity (Wildman–Crippen MR) is 149 cm³/mol. The van der Waals surface area contributed by atoms with E-state index in [2.05, 4.69) is 36.5 Å². The first-order valence-corrected chi connectivity index (χ1v) is 13.9. The lowest BCUT2D eigenvalue weighted by Crippen LogP contribution is -1.81. The van der Waals surface area contributed by atoms with Crippen molar-refractivity contribution in [2.75, 3.05) is 0 Å². The maximum absolute atomic E-state index is 2.35. The van der Waals surface area contributed by atoms with Crippen molar-refractivity contribution in [1.82, 2.24) is 0 Å². The topological polar surface area (TPSA) is 0 Å². The van der Waals surface area contributed by atoms with Gasteiger partial charge in [0.2, 0.25) is 0 Å². The van der Waals surface area contributed by atoms with Gasteiger partial charge in [-0.15, -0.1) is 0 Å². The molecule has 0 fully saturated rings. The molecule has 0 aromatic rings. The molecule has 0 amide bonds. The van der Waals surface area contributed by atoms with Crippen LogP contribution in [0.5, 0.6) is 0 Å². The first-order chi connectivity index (χ1) is 15.0. The summed E-state index contributed by atoms with van der Waals surface area (Å²) >= 11 is 0. The molecule has 0 saturated heterocycles. The van der Waals surface area contributed by atoms with E-state index in [1.165, 1.54) is 154 Å². The van der Waals surface area contributed by atoms with Crippen molar-refractivity contribution in [3.8, 4) is 0 Å². The summed E-state index contributed by atoms with van der Waals surface area (Å²) < 4.78 is 0. The molecule has 0 unspecified atom stereocenters. The summed E-state index contributed by atoms with van der Waals surface area (Å²) in [7, 11) is 0. The Labute approximate surface area is 203 Å². The van der Waals surface area contributed by atoms with E-state index in [1.54, 1.807) is 0 Å². The van der Waals surface area contributed by atoms with Crippen molar-refractivity contribution in [2.24, 2.45) is 0 Å². The normalized spacial score (nSPS) is 21.7. The molecule has 182 valence electrons. The molecule has 3 aliphatic rings. The zero-order valence-electron chi connectivity index (χ0n) is 20.9. The smallest absolute Gasteiger partial charge is 0.0351 e. The highest BCUT2D eigenvalue weighted by atomic mass is 32.1. The number of allylic oxidation sites excluding steroid dienone is 6. The molecule has 0 aliphatic heterocycles. The van der Waals surface area contributed by atoms with Gasteiger partial charge in [0.1, 0.15) is 0 Å². The van der Waals surface area contributed by atoms with Crippen LogP contribution in [-0.2, 0) is 0 Å². The summed E-state index contributed by atoms with van der Waals surface area (Å²) in [4.78, 5) is 0. The van der Waals surface area contributed by atoms with E-state index >= 15 is 0 Å². The van der Waals surface area contributed by atoms with Gasteiger partial charge in [0.25, 0.3) is 0 Å². The van der Waals surface area contributed by atoms with Crippen LogP contribution in [0.25, 0.3) is 0 Å². The second kappa shape index (κ2) is 27.6. The van der Waals surface area contributed by atoms with Crippen molar-refractivity contribution in [3.63, 3.8) is 0 Å². The van der Waals surface area contributed by atoms with Crippen LogP contribution in [0.1, 0.15) is 154 Å². The van der Waals surface area contributed by atoms with Crippen molar-refractivity contribution in [2.45, 2.75) is 154 Å². The number of hydrogen-bond donors (Lipinski definition) is 0. The summed E-state index contributed by atoms with van der Waals surface area (Å²) in [5.41, 5.74) is 0. The highest BCUT2D eigenvalue weighted by Gasteiger charge is 1.93. The molecule has 3 aliphatic carbocycles. The van der Waals surface area contributed by atoms with Gasteiger partial charge >= 0.3 is 0 Å². The fraction of sp³-hybridized carbons (Fsp3) is 0.800. The van der Waals surface area contributed by atoms with Crippen LogP contribution < -0.4 is 0 Å². The van der Waals surface area contributed by atoms with E-state index in [9.17, 15) is 0 Å². The number of hydrogen-bond acceptors (Lipinski definition) is 0. The van der Waals surface area contributed by atoms with Gasteiger partial charge in [-0.05, 0) is 77.0 Å². The molecule has 3 rings (SSSR count). The van der Waals surface area contributed by atoms with Crippen LogP contribution >= 0.6 is 13.5 Å². The summed E-state index contributed by atoms with van der Waals surface area (Å²) in [5, 5.41) is 0. The molecular weight excluding hydrogens is 392 g/mol. The molecule has 31 heavy (non-hydrogen) atoms. The van der Waals surface area contributed by atoms with Gasteiger partial charge in [0.15, 0.2) is 0 Å². The lowest BCUT2D eigenvalue weighted by atomic mass is 10.1. The molecule has 0 aromatic carbocycles. The van der Waals surface area contributed by atoms with Gasteiger partial charge in [-0.2, -0.15) is 13.5 Å². The fourth-order valence-corrected chi connectivity index (χ4v) is 4.40. The fourth-order valence-electron chi connectivity index (χ4n) is 4.40. The van der Waals surface area contributed by atoms with Crippen LogP contribution in [0, 0.1) is 0 Å². The van der Waals surface area contributed by atoms with Crippen molar-refractivity contribution in [3.05, 3.63) is 36.5 Å². The van der Waals surface area contributed by atoms with Crippen LogP contribution in [-0.4, -0.2) is 0 Å². The van der Waals surface area contributed by atoms with Crippen LogP contribution in [0.4, 0.5) is 0 Å². The van der Waals surface area contributed by atoms with Gasteiger partial charge in [-0.3, -0.25) is 0 Å². The first-order valence-electron chi connectivity index (χ1n) is 13.9. The lowest BCUT2D eigenvalue weighted by molar-refractivity contribution is 0.592. The summed E-state index contributed by atoms with van der Waals surface area (Å²) in [6.45, 7) is 0. The second-order valence-corrected chi connectivity index (χ2v) is 9.51. The zero-order chi connectivity index (χ0) is 21.2. The Balaban J connectivity index is 0.000000429. The SMILES string of the molecule is C1=CCCCCCCCC1.C1=CCCCCCCCC1.C1=CCCCCCCCC1.S. The Morgan fingerprint density at radius 3 is 0.484 bits per heavy atom. The minimum Gasteiger partial charge on any atom is -0.197 e. The highest BCUT2D eigenvalue weighted by Crippen LogP contribution is 2.13. The molecule has 0 N–H and O–H groups in total. The summed E-state index contributed by atoms with van der Waals surface area (Å²) in [5.74, 6) is 0. The molecule has 0 atom stereocenters. The third-order valence-electron chi connectivity index (χ3n) is 6.47. The highest BCUT2D eigenvalue weighted by molar-refractivity contribution is 7.59. The molecule has 0 nitrogen and oxygen atoms in total. The Bertz CT molecular complexity index is 309. The monoisotopic (exact) mass is 448 g/mol. The van der Waals surface area contributed by atoms with E-state index in [0.29, 0.717) is 0 Å². The van der Waals surface area contributed by atoms with Gasteiger partial charge in [-0.1, -0.05) is 114 Å². The van der Waals surface area contributed by atoms with E-state index in [0.717, 1.165) is 0 Å². The maximum Gasteiger partial charge on any atom is -0.0351 e. The van der Waals surface area contributed by atoms with E-state index in [1.807, 2.05) is 0 Å². The molecule has 1 heteroatoms. The Hall–Kier alpha value is -0.430. The Morgan fingerprint density at radius 1 is 0.194 bits per heavy atom. The quantitative estimate of drug-likeness (QED) is 0.323. The zero-order valence-corrected chi connectivity index (χ0v) is 21.9. The Kier molecular flexibility index (Phi) is 27.2. The average Bonchev–Trinajstić information content (AvgIpc) is 2.81. The van der Waals surface area contributed by atoms with Crippen LogP contribution in [0.3, 0.4) is 0 Å². The van der Waals surface area contributed by atoms with Crippen LogP contribution in [0.2, 0.25) is 0 Å². The average molecular weight is 449 g/mol. The standard InChI is InChI=1S/3C10H18.H2S/c3*1-2-4-6-8-10-9-7-5-3-1;/h3*1-2H,3-10H2;1H2. The summed E-state index contributed by atoms with van der Waals surface area (Å²) in [6.07, 6.45) is 48.0. The summed E-state index contributed by atoms with van der Waals surface area (Å²) in [6, 6.07) is 0. The molecular formula is C30H56S. The predicted octanol–water partition coefficient (Wildman–Crippen LogP) is 11.1. The second-order valence-electron chi connectivity index (χ2n) is 9.51. The first kappa shape index (κ1) is 30.6. The molecule has 0 heterocycles. The van der Waals surface area contributed by atoms with Gasteiger partial charge in [0, 0.05) is 0 Å². The third kappa shape index (κ3) is 25.7. The van der Waals surface area contributed by atoms with Crippen molar-refractivity contribution < 1.29 is 0 Å². The Morgan fingerprint density at radius 2 is 0.323 bits per heavy atom. The van der Waals surface area contributed by atoms with E-state index in [4.69, 9.17) is 0 Å². The van der Waals surface area contributed by atoms with Crippen molar-refractivity contribution >= 4 is 13.5 Å². The number of rotatable bonds is 0. The third-order valence-corrected chi connectivity index (χ3v) is 6.47. The van der Waals surface area contributed by atoms with E-state index in [-0.39, 0.29) is 13.5 Å². The molecule has 0 saturated carbocycles. The lowest BCUT2D eigenvalue weighted by Gasteiger charge is -2.01. The maximum atomic E-state index is 2.35. The van der Waals surface area contributed by atoms with E-state index < -0.39 is 0 Å². The van der Waals surface area contributed by atoms with Gasteiger partial charge < -0.3 is 0 Å².